The van der Waals surface area contributed by atoms with E-state index in [9.17, 15) is 4.39 Å². The van der Waals surface area contributed by atoms with Gasteiger partial charge in [0.25, 0.3) is 0 Å². The molecule has 0 amide bonds. The van der Waals surface area contributed by atoms with Gasteiger partial charge in [0.05, 0.1) is 16.2 Å². The van der Waals surface area contributed by atoms with Crippen LogP contribution >= 0.6 is 23.2 Å². The van der Waals surface area contributed by atoms with Crippen LogP contribution in [0.1, 0.15) is 5.56 Å². The number of anilines is 1. The van der Waals surface area contributed by atoms with Crippen molar-refractivity contribution in [1.82, 2.24) is 9.38 Å². The van der Waals surface area contributed by atoms with Crippen molar-refractivity contribution < 1.29 is 4.39 Å². The predicted octanol–water partition coefficient (Wildman–Crippen LogP) is 7.45. The van der Waals surface area contributed by atoms with Crippen LogP contribution in [-0.4, -0.2) is 9.38 Å². The lowest BCUT2D eigenvalue weighted by atomic mass is 10.0. The molecule has 5 aromatic rings. The molecule has 6 heteroatoms. The maximum atomic E-state index is 13.4. The lowest BCUT2D eigenvalue weighted by Crippen LogP contribution is -1.95. The van der Waals surface area contributed by atoms with E-state index in [1.54, 1.807) is 18.3 Å². The zero-order chi connectivity index (χ0) is 22.2. The number of rotatable bonds is 4. The summed E-state index contributed by atoms with van der Waals surface area (Å²) >= 11 is 12.9. The van der Waals surface area contributed by atoms with E-state index >= 15 is 0 Å². The maximum Gasteiger partial charge on any atom is 0.131 e. The van der Waals surface area contributed by atoms with Gasteiger partial charge in [-0.05, 0) is 52.6 Å². The second kappa shape index (κ2) is 8.30. The van der Waals surface area contributed by atoms with Crippen molar-refractivity contribution in [1.29, 1.82) is 0 Å². The molecule has 0 radical (unpaired) electrons. The number of hydrogen-bond donors (Lipinski definition) is 1. The van der Waals surface area contributed by atoms with Crippen LogP contribution in [0.2, 0.25) is 5.02 Å². The van der Waals surface area contributed by atoms with Gasteiger partial charge >= 0.3 is 0 Å². The van der Waals surface area contributed by atoms with Gasteiger partial charge in [0.2, 0.25) is 0 Å². The van der Waals surface area contributed by atoms with Crippen LogP contribution in [0.5, 0.6) is 0 Å². The van der Waals surface area contributed by atoms with Crippen molar-refractivity contribution in [2.75, 3.05) is 5.73 Å². The Morgan fingerprint density at radius 1 is 0.875 bits per heavy atom. The van der Waals surface area contributed by atoms with E-state index in [1.165, 1.54) is 12.1 Å². The quantitative estimate of drug-likeness (QED) is 0.282. The molecule has 3 heterocycles. The van der Waals surface area contributed by atoms with Gasteiger partial charge in [-0.3, -0.25) is 0 Å². The van der Waals surface area contributed by atoms with Gasteiger partial charge in [-0.25, -0.2) is 9.37 Å². The zero-order valence-electron chi connectivity index (χ0n) is 16.9. The average Bonchev–Trinajstić information content (AvgIpc) is 3.11. The summed E-state index contributed by atoms with van der Waals surface area (Å²) in [6.07, 6.45) is 3.67. The van der Waals surface area contributed by atoms with Gasteiger partial charge in [0.15, 0.2) is 0 Å². The van der Waals surface area contributed by atoms with Crippen LogP contribution < -0.4 is 5.73 Å². The number of benzene rings is 2. The van der Waals surface area contributed by atoms with Gasteiger partial charge in [-0.2, -0.15) is 0 Å². The summed E-state index contributed by atoms with van der Waals surface area (Å²) in [7, 11) is 0. The molecule has 3 nitrogen and oxygen atoms in total. The molecular formula is C26H18Cl2FN3. The average molecular weight is 462 g/mol. The highest BCUT2D eigenvalue weighted by atomic mass is 35.5. The smallest absolute Gasteiger partial charge is 0.131 e. The van der Waals surface area contributed by atoms with Gasteiger partial charge in [0, 0.05) is 29.4 Å². The Morgan fingerprint density at radius 2 is 1.56 bits per heavy atom. The fourth-order valence-corrected chi connectivity index (χ4v) is 4.46. The molecule has 0 atom stereocenters. The topological polar surface area (TPSA) is 43.3 Å². The van der Waals surface area contributed by atoms with Gasteiger partial charge < -0.3 is 10.1 Å². The molecule has 0 aliphatic carbocycles. The number of nitrogen functional groups attached to an aromatic ring is 1. The molecule has 0 spiro atoms. The molecule has 2 aromatic carbocycles. The highest BCUT2D eigenvalue weighted by molar-refractivity contribution is 6.38. The van der Waals surface area contributed by atoms with E-state index in [2.05, 4.69) is 9.38 Å². The summed E-state index contributed by atoms with van der Waals surface area (Å²) in [5, 5.41) is 0.590. The third-order valence-corrected chi connectivity index (χ3v) is 6.23. The summed E-state index contributed by atoms with van der Waals surface area (Å²) in [6.45, 7) is 0. The lowest BCUT2D eigenvalue weighted by molar-refractivity contribution is 0.628. The van der Waals surface area contributed by atoms with Crippen LogP contribution in [0.3, 0.4) is 0 Å². The molecule has 3 aromatic heterocycles. The molecule has 2 N–H and O–H groups in total. The standard InChI is InChI=1S/C26H18Cl2FN3/c27-14-16-3-5-18(6-4-16)25-23(21-2-1-13-31-26(21)30)24(28)22-12-9-19(15-32(22)25)17-7-10-20(29)11-8-17/h1-13,15H,14H2,(H2,30,31). The van der Waals surface area contributed by atoms with Crippen molar-refractivity contribution in [3.63, 3.8) is 0 Å². The third-order valence-electron chi connectivity index (χ3n) is 5.54. The second-order valence-corrected chi connectivity index (χ2v) is 8.13. The van der Waals surface area contributed by atoms with Crippen LogP contribution in [0.15, 0.2) is 85.2 Å². The molecule has 5 rings (SSSR count). The van der Waals surface area contributed by atoms with Gasteiger partial charge in [0.1, 0.15) is 11.6 Å². The molecular weight excluding hydrogens is 444 g/mol. The van der Waals surface area contributed by atoms with E-state index in [0.29, 0.717) is 16.7 Å². The Morgan fingerprint density at radius 3 is 2.25 bits per heavy atom. The van der Waals surface area contributed by atoms with Crippen molar-refractivity contribution in [3.05, 3.63) is 102 Å². The minimum absolute atomic E-state index is 0.270. The Labute approximate surface area is 194 Å². The van der Waals surface area contributed by atoms with Gasteiger partial charge in [-0.1, -0.05) is 54.1 Å². The number of alkyl halides is 1. The first kappa shape index (κ1) is 20.6. The van der Waals surface area contributed by atoms with E-state index in [-0.39, 0.29) is 5.82 Å². The summed E-state index contributed by atoms with van der Waals surface area (Å²) in [5.74, 6) is 0.573. The Bertz CT molecular complexity index is 1420. The summed E-state index contributed by atoms with van der Waals surface area (Å²) in [5.41, 5.74) is 13.4. The van der Waals surface area contributed by atoms with E-state index < -0.39 is 0 Å². The molecule has 158 valence electrons. The van der Waals surface area contributed by atoms with E-state index in [0.717, 1.165) is 44.6 Å². The third kappa shape index (κ3) is 3.52. The molecule has 32 heavy (non-hydrogen) atoms. The second-order valence-electron chi connectivity index (χ2n) is 7.48. The van der Waals surface area contributed by atoms with Crippen molar-refractivity contribution in [2.24, 2.45) is 0 Å². The highest BCUT2D eigenvalue weighted by Gasteiger charge is 2.22. The van der Waals surface area contributed by atoms with Crippen LogP contribution in [-0.2, 0) is 5.88 Å². The first-order valence-electron chi connectivity index (χ1n) is 10.0. The number of halogens is 3. The monoisotopic (exact) mass is 461 g/mol. The molecule has 0 unspecified atom stereocenters. The first-order valence-corrected chi connectivity index (χ1v) is 10.9. The fourth-order valence-electron chi connectivity index (χ4n) is 3.94. The highest BCUT2D eigenvalue weighted by Crippen LogP contribution is 2.44. The minimum atomic E-state index is -0.270. The van der Waals surface area contributed by atoms with Crippen molar-refractivity contribution in [2.45, 2.75) is 5.88 Å². The number of fused-ring (bicyclic) bond motifs is 1. The van der Waals surface area contributed by atoms with Crippen LogP contribution in [0.25, 0.3) is 39.0 Å². The number of aromatic nitrogens is 2. The Balaban J connectivity index is 1.82. The van der Waals surface area contributed by atoms with Crippen LogP contribution in [0.4, 0.5) is 10.2 Å². The molecule has 0 saturated heterocycles. The molecule has 0 fully saturated rings. The largest absolute Gasteiger partial charge is 0.383 e. The SMILES string of the molecule is Nc1ncccc1-c1c(Cl)c2ccc(-c3ccc(F)cc3)cn2c1-c1ccc(CCl)cc1. The zero-order valence-corrected chi connectivity index (χ0v) is 18.4. The van der Waals surface area contributed by atoms with Crippen LogP contribution in [0, 0.1) is 5.82 Å². The summed E-state index contributed by atoms with van der Waals surface area (Å²) < 4.78 is 15.5. The minimum Gasteiger partial charge on any atom is -0.383 e. The van der Waals surface area contributed by atoms with E-state index in [4.69, 9.17) is 28.9 Å². The number of nitrogens with zero attached hydrogens (tertiary/aromatic N) is 2. The lowest BCUT2D eigenvalue weighted by Gasteiger charge is -2.11. The van der Waals surface area contributed by atoms with E-state index in [1.807, 2.05) is 54.7 Å². The first-order chi connectivity index (χ1) is 15.6. The maximum absolute atomic E-state index is 13.4. The number of nitrogens with two attached hydrogens (primary N) is 1. The fraction of sp³-hybridized carbons (Fsp3) is 0.0385. The molecule has 0 aliphatic rings. The van der Waals surface area contributed by atoms with Gasteiger partial charge in [-0.15, -0.1) is 11.6 Å². The van der Waals surface area contributed by atoms with Crippen molar-refractivity contribution in [3.8, 4) is 33.5 Å². The molecule has 0 aliphatic heterocycles. The molecule has 0 bridgehead atoms. The number of hydrogen-bond acceptors (Lipinski definition) is 2. The predicted molar refractivity (Wildman–Crippen MR) is 130 cm³/mol. The molecule has 0 saturated carbocycles. The Kier molecular flexibility index (Phi) is 5.33. The normalized spacial score (nSPS) is 11.2. The Hall–Kier alpha value is -3.34. The van der Waals surface area contributed by atoms with Crippen molar-refractivity contribution >= 4 is 34.5 Å². The summed E-state index contributed by atoms with van der Waals surface area (Å²) in [4.78, 5) is 4.26. The number of pyridine rings is 2. The summed E-state index contributed by atoms with van der Waals surface area (Å²) in [6, 6.07) is 22.2.